The number of rotatable bonds is 9. The summed E-state index contributed by atoms with van der Waals surface area (Å²) in [5.74, 6) is -0.841. The minimum absolute atomic E-state index is 0.0609. The zero-order chi connectivity index (χ0) is 28.1. The van der Waals surface area contributed by atoms with E-state index in [1.54, 1.807) is 49.4 Å². The van der Waals surface area contributed by atoms with Gasteiger partial charge in [0.25, 0.3) is 10.0 Å². The fourth-order valence-electron chi connectivity index (χ4n) is 3.72. The number of hydrogen-bond donors (Lipinski definition) is 1. The minimum atomic E-state index is -4.09. The Balaban J connectivity index is 2.02. The number of carbonyl (C=O) groups is 2. The monoisotopic (exact) mass is 663 g/mol. The number of benzene rings is 3. The maximum absolute atomic E-state index is 13.9. The van der Waals surface area contributed by atoms with Gasteiger partial charge in [0, 0.05) is 21.0 Å². The number of nitrogens with zero attached hydrogens (tertiary/aromatic N) is 2. The Morgan fingerprint density at radius 3 is 2.11 bits per heavy atom. The van der Waals surface area contributed by atoms with Crippen LogP contribution in [0.3, 0.4) is 0 Å². The van der Waals surface area contributed by atoms with Crippen molar-refractivity contribution in [1.82, 2.24) is 10.2 Å². The average molecular weight is 665 g/mol. The standard InChI is InChI=1S/C28H31Br2N3O4S/c1-20(27(35)31-28(2,3)4)32(18-21-13-15-22(29)16-14-21)26(34)19-33(24-10-8-9-23(30)17-24)38(36,37)25-11-6-5-7-12-25/h5-17,20H,18-19H2,1-4H3,(H,31,35)/t20-/m0/s1. The van der Waals surface area contributed by atoms with Crippen LogP contribution in [0.25, 0.3) is 0 Å². The van der Waals surface area contributed by atoms with Crippen molar-refractivity contribution in [2.45, 2.75) is 50.7 Å². The molecule has 38 heavy (non-hydrogen) atoms. The molecule has 3 rings (SSSR count). The van der Waals surface area contributed by atoms with Crippen molar-refractivity contribution in [3.63, 3.8) is 0 Å². The number of hydrogen-bond acceptors (Lipinski definition) is 4. The van der Waals surface area contributed by atoms with E-state index in [9.17, 15) is 18.0 Å². The van der Waals surface area contributed by atoms with E-state index in [4.69, 9.17) is 0 Å². The molecule has 0 saturated carbocycles. The summed E-state index contributed by atoms with van der Waals surface area (Å²) in [5, 5.41) is 2.92. The van der Waals surface area contributed by atoms with Crippen LogP contribution in [-0.4, -0.2) is 43.3 Å². The molecule has 3 aromatic rings. The molecule has 0 unspecified atom stereocenters. The zero-order valence-electron chi connectivity index (χ0n) is 21.7. The molecular formula is C28H31Br2N3O4S. The second-order valence-electron chi connectivity index (χ2n) is 9.87. The van der Waals surface area contributed by atoms with Crippen LogP contribution in [0.15, 0.2) is 92.7 Å². The maximum Gasteiger partial charge on any atom is 0.264 e. The lowest BCUT2D eigenvalue weighted by atomic mass is 10.1. The Morgan fingerprint density at radius 2 is 1.53 bits per heavy atom. The van der Waals surface area contributed by atoms with E-state index < -0.39 is 34.1 Å². The molecular weight excluding hydrogens is 634 g/mol. The normalized spacial score (nSPS) is 12.5. The Bertz CT molecular complexity index is 1380. The number of anilines is 1. The molecule has 1 atom stereocenters. The van der Waals surface area contributed by atoms with Gasteiger partial charge in [-0.15, -0.1) is 0 Å². The van der Waals surface area contributed by atoms with Gasteiger partial charge in [-0.1, -0.05) is 68.3 Å². The SMILES string of the molecule is C[C@@H](C(=O)NC(C)(C)C)N(Cc1ccc(Br)cc1)C(=O)CN(c1cccc(Br)c1)S(=O)(=O)c1ccccc1. The van der Waals surface area contributed by atoms with E-state index in [-0.39, 0.29) is 17.3 Å². The molecule has 0 saturated heterocycles. The second kappa shape index (κ2) is 12.4. The summed E-state index contributed by atoms with van der Waals surface area (Å²) >= 11 is 6.81. The molecule has 0 aliphatic heterocycles. The van der Waals surface area contributed by atoms with Crippen molar-refractivity contribution in [3.05, 3.63) is 93.4 Å². The van der Waals surface area contributed by atoms with Gasteiger partial charge in [0.15, 0.2) is 0 Å². The Hall–Kier alpha value is -2.69. The first-order chi connectivity index (χ1) is 17.8. The van der Waals surface area contributed by atoms with Crippen molar-refractivity contribution < 1.29 is 18.0 Å². The summed E-state index contributed by atoms with van der Waals surface area (Å²) in [6.45, 7) is 6.87. The van der Waals surface area contributed by atoms with Gasteiger partial charge in [-0.2, -0.15) is 0 Å². The highest BCUT2D eigenvalue weighted by Crippen LogP contribution is 2.27. The van der Waals surface area contributed by atoms with Gasteiger partial charge >= 0.3 is 0 Å². The third kappa shape index (κ3) is 7.91. The smallest absolute Gasteiger partial charge is 0.264 e. The molecule has 0 aromatic heterocycles. The van der Waals surface area contributed by atoms with Gasteiger partial charge in [0.1, 0.15) is 12.6 Å². The van der Waals surface area contributed by atoms with Crippen molar-refractivity contribution in [2.75, 3.05) is 10.8 Å². The first-order valence-electron chi connectivity index (χ1n) is 12.0. The summed E-state index contributed by atoms with van der Waals surface area (Å²) in [6.07, 6.45) is 0. The molecule has 7 nitrogen and oxygen atoms in total. The molecule has 0 aliphatic rings. The molecule has 2 amide bonds. The first-order valence-corrected chi connectivity index (χ1v) is 15.0. The highest BCUT2D eigenvalue weighted by atomic mass is 79.9. The van der Waals surface area contributed by atoms with E-state index >= 15 is 0 Å². The molecule has 0 aliphatic carbocycles. The predicted molar refractivity (Wildman–Crippen MR) is 157 cm³/mol. The number of halogens is 2. The van der Waals surface area contributed by atoms with Crippen LogP contribution in [0, 0.1) is 0 Å². The van der Waals surface area contributed by atoms with E-state index in [2.05, 4.69) is 37.2 Å². The summed E-state index contributed by atoms with van der Waals surface area (Å²) < 4.78 is 30.1. The predicted octanol–water partition coefficient (Wildman–Crippen LogP) is 5.74. The summed E-state index contributed by atoms with van der Waals surface area (Å²) in [5.41, 5.74) is 0.625. The van der Waals surface area contributed by atoms with Crippen molar-refractivity contribution >= 4 is 59.4 Å². The molecule has 0 spiro atoms. The summed E-state index contributed by atoms with van der Waals surface area (Å²) in [4.78, 5) is 28.5. The fraction of sp³-hybridized carbons (Fsp3) is 0.286. The molecule has 0 bridgehead atoms. The number of nitrogens with one attached hydrogen (secondary N) is 1. The first kappa shape index (κ1) is 29.9. The van der Waals surface area contributed by atoms with Crippen LogP contribution in [0.2, 0.25) is 0 Å². The maximum atomic E-state index is 13.9. The third-order valence-corrected chi connectivity index (χ3v) is 8.45. The Labute approximate surface area is 241 Å². The zero-order valence-corrected chi connectivity index (χ0v) is 25.7. The van der Waals surface area contributed by atoms with Gasteiger partial charge in [0.05, 0.1) is 10.6 Å². The van der Waals surface area contributed by atoms with Crippen LogP contribution < -0.4 is 9.62 Å². The van der Waals surface area contributed by atoms with Crippen molar-refractivity contribution in [2.24, 2.45) is 0 Å². The van der Waals surface area contributed by atoms with Crippen LogP contribution in [0.5, 0.6) is 0 Å². The van der Waals surface area contributed by atoms with E-state index in [1.807, 2.05) is 45.0 Å². The van der Waals surface area contributed by atoms with Crippen molar-refractivity contribution in [1.29, 1.82) is 0 Å². The molecule has 1 N–H and O–H groups in total. The Kier molecular flexibility index (Phi) is 9.78. The largest absolute Gasteiger partial charge is 0.350 e. The number of amides is 2. The molecule has 202 valence electrons. The fourth-order valence-corrected chi connectivity index (χ4v) is 5.80. The molecule has 0 heterocycles. The quantitative estimate of drug-likeness (QED) is 0.316. The van der Waals surface area contributed by atoms with Gasteiger partial charge in [-0.25, -0.2) is 8.42 Å². The lowest BCUT2D eigenvalue weighted by Gasteiger charge is -2.33. The van der Waals surface area contributed by atoms with Crippen molar-refractivity contribution in [3.8, 4) is 0 Å². The molecule has 10 heteroatoms. The van der Waals surface area contributed by atoms with Crippen LogP contribution in [0.4, 0.5) is 5.69 Å². The van der Waals surface area contributed by atoms with Crippen LogP contribution in [-0.2, 0) is 26.2 Å². The highest BCUT2D eigenvalue weighted by Gasteiger charge is 2.33. The van der Waals surface area contributed by atoms with E-state index in [0.29, 0.717) is 10.2 Å². The Morgan fingerprint density at radius 1 is 0.895 bits per heavy atom. The van der Waals surface area contributed by atoms with Gasteiger partial charge in [0.2, 0.25) is 11.8 Å². The average Bonchev–Trinajstić information content (AvgIpc) is 2.85. The lowest BCUT2D eigenvalue weighted by Crippen LogP contribution is -2.54. The summed E-state index contributed by atoms with van der Waals surface area (Å²) in [6, 6.07) is 21.3. The number of carbonyl (C=O) groups excluding carboxylic acids is 2. The molecule has 0 fully saturated rings. The van der Waals surface area contributed by atoms with E-state index in [0.717, 1.165) is 14.3 Å². The second-order valence-corrected chi connectivity index (χ2v) is 13.6. The van der Waals surface area contributed by atoms with Gasteiger partial charge < -0.3 is 10.2 Å². The lowest BCUT2D eigenvalue weighted by molar-refractivity contribution is -0.140. The van der Waals surface area contributed by atoms with Gasteiger partial charge in [-0.05, 0) is 75.7 Å². The minimum Gasteiger partial charge on any atom is -0.350 e. The van der Waals surface area contributed by atoms with E-state index in [1.165, 1.54) is 17.0 Å². The number of sulfonamides is 1. The molecule has 3 aromatic carbocycles. The molecule has 0 radical (unpaired) electrons. The summed E-state index contributed by atoms with van der Waals surface area (Å²) in [7, 11) is -4.09. The van der Waals surface area contributed by atoms with Crippen LogP contribution in [0.1, 0.15) is 33.3 Å². The van der Waals surface area contributed by atoms with Crippen LogP contribution >= 0.6 is 31.9 Å². The topological polar surface area (TPSA) is 86.8 Å². The highest BCUT2D eigenvalue weighted by molar-refractivity contribution is 9.10. The third-order valence-electron chi connectivity index (χ3n) is 5.64. The van der Waals surface area contributed by atoms with Gasteiger partial charge in [-0.3, -0.25) is 13.9 Å².